The maximum atomic E-state index is 12.9. The second-order valence-electron chi connectivity index (χ2n) is 7.86. The van der Waals surface area contributed by atoms with Crippen LogP contribution in [-0.4, -0.2) is 35.0 Å². The number of carbonyl (C=O) groups is 2. The number of likely N-dealkylation sites (tertiary alicyclic amines) is 1. The van der Waals surface area contributed by atoms with Gasteiger partial charge in [0.2, 0.25) is 5.91 Å². The Hall–Kier alpha value is -1.06. The second-order valence-corrected chi connectivity index (χ2v) is 7.86. The van der Waals surface area contributed by atoms with E-state index in [9.17, 15) is 14.7 Å². The van der Waals surface area contributed by atoms with Crippen LogP contribution >= 0.6 is 0 Å². The number of carboxylic acid groups (broad SMARTS) is 1. The highest BCUT2D eigenvalue weighted by atomic mass is 16.4. The van der Waals surface area contributed by atoms with Gasteiger partial charge in [-0.25, -0.2) is 0 Å². The van der Waals surface area contributed by atoms with Gasteiger partial charge in [-0.15, -0.1) is 0 Å². The molecule has 1 N–H and O–H groups in total. The van der Waals surface area contributed by atoms with E-state index in [1.165, 1.54) is 12.8 Å². The van der Waals surface area contributed by atoms with Crippen molar-refractivity contribution < 1.29 is 14.7 Å². The van der Waals surface area contributed by atoms with Crippen molar-refractivity contribution in [3.05, 3.63) is 0 Å². The van der Waals surface area contributed by atoms with Gasteiger partial charge >= 0.3 is 5.97 Å². The summed E-state index contributed by atoms with van der Waals surface area (Å²) in [6.45, 7) is 5.21. The van der Waals surface area contributed by atoms with Crippen LogP contribution in [0.3, 0.4) is 0 Å². The lowest BCUT2D eigenvalue weighted by molar-refractivity contribution is -0.144. The van der Waals surface area contributed by atoms with Crippen molar-refractivity contribution in [2.24, 2.45) is 29.1 Å². The highest BCUT2D eigenvalue weighted by molar-refractivity contribution is 5.84. The fraction of sp³-hybridized carbons (Fsp3) is 0.882. The third-order valence-electron chi connectivity index (χ3n) is 6.12. The van der Waals surface area contributed by atoms with Crippen molar-refractivity contribution in [3.63, 3.8) is 0 Å². The molecule has 1 aliphatic heterocycles. The number of carboxylic acids is 1. The third kappa shape index (κ3) is 2.69. The molecule has 3 fully saturated rings. The van der Waals surface area contributed by atoms with Gasteiger partial charge in [0.1, 0.15) is 0 Å². The van der Waals surface area contributed by atoms with Crippen LogP contribution < -0.4 is 0 Å². The summed E-state index contributed by atoms with van der Waals surface area (Å²) in [6, 6.07) is 0. The van der Waals surface area contributed by atoms with Gasteiger partial charge in [0.05, 0.1) is 5.92 Å². The molecule has 0 radical (unpaired) electrons. The summed E-state index contributed by atoms with van der Waals surface area (Å²) in [7, 11) is 0. The average molecular weight is 293 g/mol. The van der Waals surface area contributed by atoms with E-state index < -0.39 is 5.97 Å². The third-order valence-corrected chi connectivity index (χ3v) is 6.12. The van der Waals surface area contributed by atoms with Crippen LogP contribution in [0.1, 0.15) is 52.4 Å². The molecule has 4 nitrogen and oxygen atoms in total. The average Bonchev–Trinajstić information content (AvgIpc) is 2.96. The molecule has 0 spiro atoms. The molecule has 0 aromatic carbocycles. The van der Waals surface area contributed by atoms with Crippen LogP contribution in [0, 0.1) is 29.1 Å². The van der Waals surface area contributed by atoms with Gasteiger partial charge in [-0.1, -0.05) is 26.7 Å². The number of rotatable bonds is 4. The van der Waals surface area contributed by atoms with Crippen LogP contribution in [0.2, 0.25) is 0 Å². The Kier molecular flexibility index (Phi) is 3.74. The molecule has 0 aromatic heterocycles. The molecule has 0 bridgehead atoms. The number of amides is 1. The second kappa shape index (κ2) is 5.29. The fourth-order valence-corrected chi connectivity index (χ4v) is 4.49. The van der Waals surface area contributed by atoms with E-state index in [0.717, 1.165) is 25.7 Å². The zero-order chi connectivity index (χ0) is 15.2. The molecule has 1 saturated heterocycles. The molecule has 21 heavy (non-hydrogen) atoms. The molecule has 3 aliphatic rings. The summed E-state index contributed by atoms with van der Waals surface area (Å²) in [6.07, 6.45) is 7.01. The smallest absolute Gasteiger partial charge is 0.308 e. The maximum absolute atomic E-state index is 12.9. The molecular formula is C17H27NO3. The van der Waals surface area contributed by atoms with Gasteiger partial charge in [-0.3, -0.25) is 9.59 Å². The Morgan fingerprint density at radius 3 is 2.19 bits per heavy atom. The quantitative estimate of drug-likeness (QED) is 0.867. The number of hydrogen-bond donors (Lipinski definition) is 1. The first kappa shape index (κ1) is 14.9. The molecule has 118 valence electrons. The minimum atomic E-state index is -0.721. The first-order valence-corrected chi connectivity index (χ1v) is 8.43. The minimum Gasteiger partial charge on any atom is -0.481 e. The summed E-state index contributed by atoms with van der Waals surface area (Å²) < 4.78 is 0. The normalized spacial score (nSPS) is 30.9. The summed E-state index contributed by atoms with van der Waals surface area (Å²) in [5.41, 5.74) is -0.335. The molecule has 1 heterocycles. The molecule has 2 saturated carbocycles. The zero-order valence-electron chi connectivity index (χ0n) is 13.2. The molecule has 2 atom stereocenters. The van der Waals surface area contributed by atoms with Gasteiger partial charge in [0, 0.05) is 18.5 Å². The Balaban J connectivity index is 1.71. The SMILES string of the molecule is CC(C)(C(=O)N1C[C@H](C(=O)O)[C@@H](C2CC2)C1)C1CCCC1. The molecule has 0 unspecified atom stereocenters. The first-order chi connectivity index (χ1) is 9.91. The van der Waals surface area contributed by atoms with Gasteiger partial charge in [0.25, 0.3) is 0 Å². The van der Waals surface area contributed by atoms with E-state index in [2.05, 4.69) is 13.8 Å². The fourth-order valence-electron chi connectivity index (χ4n) is 4.49. The topological polar surface area (TPSA) is 57.6 Å². The van der Waals surface area contributed by atoms with Crippen molar-refractivity contribution in [1.82, 2.24) is 4.90 Å². The van der Waals surface area contributed by atoms with E-state index in [0.29, 0.717) is 24.9 Å². The van der Waals surface area contributed by atoms with Crippen molar-refractivity contribution in [1.29, 1.82) is 0 Å². The molecule has 4 heteroatoms. The highest BCUT2D eigenvalue weighted by Gasteiger charge is 2.50. The van der Waals surface area contributed by atoms with Gasteiger partial charge in [0.15, 0.2) is 0 Å². The molecule has 0 aromatic rings. The number of hydrogen-bond acceptors (Lipinski definition) is 2. The zero-order valence-corrected chi connectivity index (χ0v) is 13.2. The van der Waals surface area contributed by atoms with Crippen LogP contribution in [-0.2, 0) is 9.59 Å². The Labute approximate surface area is 126 Å². The Bertz CT molecular complexity index is 435. The summed E-state index contributed by atoms with van der Waals surface area (Å²) in [5, 5.41) is 9.44. The summed E-state index contributed by atoms with van der Waals surface area (Å²) in [4.78, 5) is 26.3. The van der Waals surface area contributed by atoms with Crippen molar-refractivity contribution in [2.45, 2.75) is 52.4 Å². The van der Waals surface area contributed by atoms with Crippen LogP contribution in [0.5, 0.6) is 0 Å². The first-order valence-electron chi connectivity index (χ1n) is 8.43. The minimum absolute atomic E-state index is 0.184. The van der Waals surface area contributed by atoms with E-state index in [1.807, 2.05) is 4.90 Å². The predicted molar refractivity (Wildman–Crippen MR) is 79.7 cm³/mol. The lowest BCUT2D eigenvalue weighted by atomic mass is 9.76. The number of carbonyl (C=O) groups excluding carboxylic acids is 1. The standard InChI is InChI=1S/C17H27NO3/c1-17(2,12-5-3-4-6-12)16(21)18-9-13(11-7-8-11)14(10-18)15(19)20/h11-14H,3-10H2,1-2H3,(H,19,20)/t13-,14+/m1/s1. The molecule has 3 rings (SSSR count). The Morgan fingerprint density at radius 1 is 1.05 bits per heavy atom. The number of nitrogens with zero attached hydrogens (tertiary/aromatic N) is 1. The summed E-state index contributed by atoms with van der Waals surface area (Å²) >= 11 is 0. The lowest BCUT2D eigenvalue weighted by Crippen LogP contribution is -2.43. The highest BCUT2D eigenvalue weighted by Crippen LogP contribution is 2.46. The van der Waals surface area contributed by atoms with E-state index in [4.69, 9.17) is 0 Å². The van der Waals surface area contributed by atoms with Crippen molar-refractivity contribution >= 4 is 11.9 Å². The molecule has 2 aliphatic carbocycles. The van der Waals surface area contributed by atoms with Crippen molar-refractivity contribution in [2.75, 3.05) is 13.1 Å². The number of aliphatic carboxylic acids is 1. The van der Waals surface area contributed by atoms with Crippen molar-refractivity contribution in [3.8, 4) is 0 Å². The van der Waals surface area contributed by atoms with Gasteiger partial charge in [-0.2, -0.15) is 0 Å². The van der Waals surface area contributed by atoms with Gasteiger partial charge in [-0.05, 0) is 43.4 Å². The van der Waals surface area contributed by atoms with Crippen LogP contribution in [0.15, 0.2) is 0 Å². The van der Waals surface area contributed by atoms with Gasteiger partial charge < -0.3 is 10.0 Å². The van der Waals surface area contributed by atoms with E-state index >= 15 is 0 Å². The molecule has 1 amide bonds. The Morgan fingerprint density at radius 2 is 1.67 bits per heavy atom. The van der Waals surface area contributed by atoms with Crippen LogP contribution in [0.25, 0.3) is 0 Å². The lowest BCUT2D eigenvalue weighted by Gasteiger charge is -2.34. The molecular weight excluding hydrogens is 266 g/mol. The largest absolute Gasteiger partial charge is 0.481 e. The van der Waals surface area contributed by atoms with E-state index in [1.54, 1.807) is 0 Å². The summed E-state index contributed by atoms with van der Waals surface area (Å²) in [5.74, 6) is 0.308. The predicted octanol–water partition coefficient (Wildman–Crippen LogP) is 2.77. The maximum Gasteiger partial charge on any atom is 0.308 e. The van der Waals surface area contributed by atoms with Crippen LogP contribution in [0.4, 0.5) is 0 Å². The monoisotopic (exact) mass is 293 g/mol. The van der Waals surface area contributed by atoms with E-state index in [-0.39, 0.29) is 23.2 Å².